The average Bonchev–Trinajstić information content (AvgIpc) is 2.33. The number of aliphatic imine (C=N–C) groups is 1. The number of hydrogen-bond acceptors (Lipinski definition) is 3. The van der Waals surface area contributed by atoms with Gasteiger partial charge in [-0.1, -0.05) is 0 Å². The first kappa shape index (κ1) is 14.9. The molecule has 1 rings (SSSR count). The Labute approximate surface area is 114 Å². The number of nitrogens with one attached hydrogen (secondary N) is 2. The molecule has 1 aromatic carbocycles. The maximum atomic E-state index is 13.1. The van der Waals surface area contributed by atoms with E-state index in [2.05, 4.69) is 31.7 Å². The van der Waals surface area contributed by atoms with Gasteiger partial charge in [0.25, 0.3) is 0 Å². The van der Waals surface area contributed by atoms with Crippen LogP contribution in [-0.4, -0.2) is 25.7 Å². The lowest BCUT2D eigenvalue weighted by molar-refractivity contribution is 0.185. The fraction of sp³-hybridized carbons (Fsp3) is 0.364. The summed E-state index contributed by atoms with van der Waals surface area (Å²) in [5.41, 5.74) is 2.96. The quantitative estimate of drug-likeness (QED) is 0.343. The smallest absolute Gasteiger partial charge is 0.210 e. The Morgan fingerprint density at radius 1 is 1.61 bits per heavy atom. The maximum absolute atomic E-state index is 13.1. The van der Waals surface area contributed by atoms with Crippen molar-refractivity contribution in [1.82, 2.24) is 5.43 Å². The molecule has 1 aromatic rings. The third-order valence-electron chi connectivity index (χ3n) is 2.08. The minimum absolute atomic E-state index is 0.0686. The van der Waals surface area contributed by atoms with Crippen molar-refractivity contribution in [2.24, 2.45) is 10.8 Å². The summed E-state index contributed by atoms with van der Waals surface area (Å²) < 4.78 is 18.8. The Hall–Kier alpha value is -1.18. The maximum Gasteiger partial charge on any atom is 0.210 e. The minimum Gasteiger partial charge on any atom is -0.382 e. The number of hydrogen-bond donors (Lipinski definition) is 3. The van der Waals surface area contributed by atoms with Gasteiger partial charge in [0, 0.05) is 11.6 Å². The molecular formula is C11H16BrFN4O. The summed E-state index contributed by atoms with van der Waals surface area (Å²) in [6.45, 7) is 2.35. The van der Waals surface area contributed by atoms with Crippen molar-refractivity contribution in [3.05, 3.63) is 28.5 Å². The highest BCUT2D eigenvalue weighted by atomic mass is 79.9. The molecule has 5 nitrogen and oxygen atoms in total. The first-order valence-electron chi connectivity index (χ1n) is 5.32. The Balaban J connectivity index is 2.82. The highest BCUT2D eigenvalue weighted by Crippen LogP contribution is 2.22. The molecule has 0 aliphatic rings. The zero-order valence-electron chi connectivity index (χ0n) is 10.2. The van der Waals surface area contributed by atoms with Crippen molar-refractivity contribution in [1.29, 1.82) is 0 Å². The fourth-order valence-electron chi connectivity index (χ4n) is 1.33. The molecule has 0 spiro atoms. The van der Waals surface area contributed by atoms with Gasteiger partial charge in [-0.15, -0.1) is 0 Å². The monoisotopic (exact) mass is 318 g/mol. The summed E-state index contributed by atoms with van der Waals surface area (Å²) in [5.74, 6) is 5.35. The van der Waals surface area contributed by atoms with Crippen LogP contribution < -0.4 is 16.6 Å². The van der Waals surface area contributed by atoms with Gasteiger partial charge in [-0.3, -0.25) is 5.43 Å². The predicted octanol–water partition coefficient (Wildman–Crippen LogP) is 1.85. The van der Waals surface area contributed by atoms with E-state index in [0.29, 0.717) is 22.7 Å². The fourth-order valence-corrected chi connectivity index (χ4v) is 1.67. The van der Waals surface area contributed by atoms with E-state index in [1.807, 2.05) is 6.92 Å². The van der Waals surface area contributed by atoms with Gasteiger partial charge < -0.3 is 10.1 Å². The van der Waals surface area contributed by atoms with Crippen molar-refractivity contribution >= 4 is 27.6 Å². The third-order valence-corrected chi connectivity index (χ3v) is 2.77. The van der Waals surface area contributed by atoms with Crippen LogP contribution in [-0.2, 0) is 4.74 Å². The summed E-state index contributed by atoms with van der Waals surface area (Å²) in [4.78, 5) is 4.25. The van der Waals surface area contributed by atoms with Crippen LogP contribution in [0.25, 0.3) is 0 Å². The molecular weight excluding hydrogens is 303 g/mol. The second-order valence-electron chi connectivity index (χ2n) is 3.68. The molecule has 1 unspecified atom stereocenters. The number of anilines is 1. The lowest BCUT2D eigenvalue weighted by Crippen LogP contribution is -2.37. The number of guanidine groups is 1. The second-order valence-corrected chi connectivity index (χ2v) is 4.53. The van der Waals surface area contributed by atoms with E-state index in [1.54, 1.807) is 13.2 Å². The first-order chi connectivity index (χ1) is 8.56. The summed E-state index contributed by atoms with van der Waals surface area (Å²) >= 11 is 3.31. The SMILES string of the molecule is COCC(C)N=C(NN)Nc1cc(F)ccc1Br. The van der Waals surface area contributed by atoms with Crippen molar-refractivity contribution < 1.29 is 9.13 Å². The van der Waals surface area contributed by atoms with Crippen LogP contribution in [0, 0.1) is 5.82 Å². The van der Waals surface area contributed by atoms with Crippen LogP contribution in [0.3, 0.4) is 0 Å². The van der Waals surface area contributed by atoms with E-state index in [9.17, 15) is 4.39 Å². The molecule has 4 N–H and O–H groups in total. The predicted molar refractivity (Wildman–Crippen MR) is 73.8 cm³/mol. The number of rotatable bonds is 4. The molecule has 0 saturated heterocycles. The number of hydrazine groups is 1. The van der Waals surface area contributed by atoms with Crippen molar-refractivity contribution in [3.63, 3.8) is 0 Å². The zero-order chi connectivity index (χ0) is 13.5. The Morgan fingerprint density at radius 3 is 2.94 bits per heavy atom. The van der Waals surface area contributed by atoms with E-state index >= 15 is 0 Å². The summed E-state index contributed by atoms with van der Waals surface area (Å²) in [6, 6.07) is 4.23. The molecule has 0 aromatic heterocycles. The summed E-state index contributed by atoms with van der Waals surface area (Å²) in [6.07, 6.45) is 0. The van der Waals surface area contributed by atoms with E-state index < -0.39 is 0 Å². The van der Waals surface area contributed by atoms with Crippen LogP contribution in [0.2, 0.25) is 0 Å². The number of ether oxygens (including phenoxy) is 1. The normalized spacial score (nSPS) is 13.3. The van der Waals surface area contributed by atoms with Crippen LogP contribution in [0.4, 0.5) is 10.1 Å². The highest BCUT2D eigenvalue weighted by molar-refractivity contribution is 9.10. The van der Waals surface area contributed by atoms with Crippen LogP contribution in [0.15, 0.2) is 27.7 Å². The Kier molecular flexibility index (Phi) is 6.03. The van der Waals surface area contributed by atoms with Gasteiger partial charge in [0.2, 0.25) is 5.96 Å². The van der Waals surface area contributed by atoms with Crippen molar-refractivity contribution in [2.75, 3.05) is 19.0 Å². The van der Waals surface area contributed by atoms with Gasteiger partial charge >= 0.3 is 0 Å². The van der Waals surface area contributed by atoms with E-state index in [-0.39, 0.29) is 11.9 Å². The number of halogens is 2. The van der Waals surface area contributed by atoms with Gasteiger partial charge in [-0.05, 0) is 41.1 Å². The number of methoxy groups -OCH3 is 1. The molecule has 0 bridgehead atoms. The topological polar surface area (TPSA) is 71.7 Å². The van der Waals surface area contributed by atoms with Crippen molar-refractivity contribution in [3.8, 4) is 0 Å². The van der Waals surface area contributed by atoms with Crippen LogP contribution in [0.1, 0.15) is 6.92 Å². The van der Waals surface area contributed by atoms with Crippen LogP contribution >= 0.6 is 15.9 Å². The number of nitrogens with two attached hydrogens (primary N) is 1. The molecule has 0 saturated carbocycles. The highest BCUT2D eigenvalue weighted by Gasteiger charge is 2.06. The molecule has 18 heavy (non-hydrogen) atoms. The van der Waals surface area contributed by atoms with Gasteiger partial charge in [0.1, 0.15) is 5.82 Å². The minimum atomic E-state index is -0.345. The standard InChI is InChI=1S/C11H16BrFN4O/c1-7(6-18-2)15-11(17-14)16-10-5-8(13)3-4-9(10)12/h3-5,7H,6,14H2,1-2H3,(H2,15,16,17). The van der Waals surface area contributed by atoms with Gasteiger partial charge in [-0.2, -0.15) is 0 Å². The van der Waals surface area contributed by atoms with Gasteiger partial charge in [0.05, 0.1) is 18.3 Å². The van der Waals surface area contributed by atoms with Gasteiger partial charge in [0.15, 0.2) is 0 Å². The molecule has 0 fully saturated rings. The third kappa shape index (κ3) is 4.59. The van der Waals surface area contributed by atoms with E-state index in [4.69, 9.17) is 10.6 Å². The summed E-state index contributed by atoms with van der Waals surface area (Å²) in [7, 11) is 1.60. The summed E-state index contributed by atoms with van der Waals surface area (Å²) in [5, 5.41) is 2.90. The van der Waals surface area contributed by atoms with Gasteiger partial charge in [-0.25, -0.2) is 15.2 Å². The first-order valence-corrected chi connectivity index (χ1v) is 6.11. The second kappa shape index (κ2) is 7.30. The number of nitrogens with zero attached hydrogens (tertiary/aromatic N) is 1. The molecule has 0 heterocycles. The molecule has 1 atom stereocenters. The van der Waals surface area contributed by atoms with Crippen LogP contribution in [0.5, 0.6) is 0 Å². The molecule has 100 valence electrons. The Morgan fingerprint density at radius 2 is 2.33 bits per heavy atom. The molecule has 0 amide bonds. The molecule has 0 radical (unpaired) electrons. The molecule has 7 heteroatoms. The van der Waals surface area contributed by atoms with E-state index in [0.717, 1.165) is 0 Å². The lowest BCUT2D eigenvalue weighted by Gasteiger charge is -2.13. The largest absolute Gasteiger partial charge is 0.382 e. The molecule has 0 aliphatic carbocycles. The average molecular weight is 319 g/mol. The number of benzene rings is 1. The Bertz CT molecular complexity index is 428. The van der Waals surface area contributed by atoms with Crippen molar-refractivity contribution in [2.45, 2.75) is 13.0 Å². The van der Waals surface area contributed by atoms with E-state index in [1.165, 1.54) is 12.1 Å². The molecule has 0 aliphatic heterocycles. The lowest BCUT2D eigenvalue weighted by atomic mass is 10.3. The zero-order valence-corrected chi connectivity index (χ0v) is 11.8.